The Labute approximate surface area is 222 Å². The van der Waals surface area contributed by atoms with Crippen LogP contribution in [0.3, 0.4) is 0 Å². The van der Waals surface area contributed by atoms with E-state index in [0.29, 0.717) is 25.0 Å². The SMILES string of the molecule is COc1ccc(O[C@H]2CCC[C@H](NC(=O)c3nccc(OC)c3O)C(=O)O[C@@H](C)[C@@H]2OC2CCCC2)cc1. The van der Waals surface area contributed by atoms with E-state index in [1.54, 1.807) is 14.0 Å². The van der Waals surface area contributed by atoms with Gasteiger partial charge in [-0.3, -0.25) is 4.79 Å². The molecule has 10 nitrogen and oxygen atoms in total. The van der Waals surface area contributed by atoms with Crippen LogP contribution >= 0.6 is 0 Å². The number of aromatic hydroxyl groups is 1. The van der Waals surface area contributed by atoms with Gasteiger partial charge in [0.2, 0.25) is 0 Å². The minimum Gasteiger partial charge on any atom is -0.503 e. The highest BCUT2D eigenvalue weighted by Crippen LogP contribution is 2.31. The molecule has 38 heavy (non-hydrogen) atoms. The molecule has 206 valence electrons. The fraction of sp³-hybridized carbons (Fsp3) is 0.536. The first-order valence-corrected chi connectivity index (χ1v) is 13.1. The van der Waals surface area contributed by atoms with Gasteiger partial charge in [0.1, 0.15) is 35.9 Å². The van der Waals surface area contributed by atoms with Gasteiger partial charge in [-0.25, -0.2) is 9.78 Å². The second-order valence-corrected chi connectivity index (χ2v) is 9.65. The van der Waals surface area contributed by atoms with E-state index in [9.17, 15) is 14.7 Å². The van der Waals surface area contributed by atoms with Crippen LogP contribution in [0, 0.1) is 0 Å². The highest BCUT2D eigenvalue weighted by atomic mass is 16.6. The van der Waals surface area contributed by atoms with Crippen molar-refractivity contribution in [1.82, 2.24) is 10.3 Å². The van der Waals surface area contributed by atoms with Gasteiger partial charge in [0.15, 0.2) is 17.2 Å². The third kappa shape index (κ3) is 6.66. The Balaban J connectivity index is 1.51. The Morgan fingerprint density at radius 2 is 1.71 bits per heavy atom. The van der Waals surface area contributed by atoms with Gasteiger partial charge in [0, 0.05) is 12.3 Å². The molecule has 4 rings (SSSR count). The van der Waals surface area contributed by atoms with Crippen molar-refractivity contribution in [2.24, 2.45) is 0 Å². The summed E-state index contributed by atoms with van der Waals surface area (Å²) in [6.07, 6.45) is 5.56. The molecule has 2 aliphatic rings. The first-order valence-electron chi connectivity index (χ1n) is 13.1. The van der Waals surface area contributed by atoms with Crippen molar-refractivity contribution in [3.8, 4) is 23.0 Å². The molecule has 1 aliphatic carbocycles. The fourth-order valence-corrected chi connectivity index (χ4v) is 4.96. The molecule has 10 heteroatoms. The van der Waals surface area contributed by atoms with Gasteiger partial charge < -0.3 is 34.1 Å². The van der Waals surface area contributed by atoms with Gasteiger partial charge in [-0.2, -0.15) is 0 Å². The maximum Gasteiger partial charge on any atom is 0.329 e. The Kier molecular flexibility index (Phi) is 9.28. The van der Waals surface area contributed by atoms with Crippen molar-refractivity contribution in [2.45, 2.75) is 82.3 Å². The molecular formula is C28H36N2O8. The molecule has 2 N–H and O–H groups in total. The molecule has 0 spiro atoms. The van der Waals surface area contributed by atoms with Crippen LogP contribution in [0.5, 0.6) is 23.0 Å². The number of esters is 1. The number of methoxy groups -OCH3 is 2. The zero-order valence-corrected chi connectivity index (χ0v) is 22.1. The number of ether oxygens (including phenoxy) is 5. The number of nitrogens with zero attached hydrogens (tertiary/aromatic N) is 1. The van der Waals surface area contributed by atoms with Gasteiger partial charge in [-0.1, -0.05) is 12.8 Å². The van der Waals surface area contributed by atoms with E-state index in [1.165, 1.54) is 19.4 Å². The third-order valence-corrected chi connectivity index (χ3v) is 7.02. The van der Waals surface area contributed by atoms with Gasteiger partial charge in [0.05, 0.1) is 20.3 Å². The largest absolute Gasteiger partial charge is 0.503 e. The summed E-state index contributed by atoms with van der Waals surface area (Å²) in [5.41, 5.74) is -0.228. The van der Waals surface area contributed by atoms with Crippen LogP contribution in [0.4, 0.5) is 0 Å². The molecule has 0 bridgehead atoms. The highest BCUT2D eigenvalue weighted by Gasteiger charge is 2.38. The summed E-state index contributed by atoms with van der Waals surface area (Å²) < 4.78 is 29.0. The summed E-state index contributed by atoms with van der Waals surface area (Å²) in [6.45, 7) is 1.79. The van der Waals surface area contributed by atoms with Crippen molar-refractivity contribution in [1.29, 1.82) is 0 Å². The van der Waals surface area contributed by atoms with Gasteiger partial charge in [0.25, 0.3) is 5.91 Å². The molecule has 1 saturated carbocycles. The van der Waals surface area contributed by atoms with E-state index in [1.807, 2.05) is 24.3 Å². The molecule has 4 atom stereocenters. The van der Waals surface area contributed by atoms with Gasteiger partial charge >= 0.3 is 5.97 Å². The number of rotatable bonds is 8. The first kappa shape index (κ1) is 27.5. The zero-order valence-electron chi connectivity index (χ0n) is 22.1. The second kappa shape index (κ2) is 12.8. The minimum absolute atomic E-state index is 0.0847. The second-order valence-electron chi connectivity index (χ2n) is 9.65. The van der Waals surface area contributed by atoms with Crippen molar-refractivity contribution < 1.29 is 38.4 Å². The summed E-state index contributed by atoms with van der Waals surface area (Å²) in [5.74, 6) is -0.157. The maximum absolute atomic E-state index is 13.2. The molecule has 1 amide bonds. The third-order valence-electron chi connectivity index (χ3n) is 7.02. The topological polar surface area (TPSA) is 125 Å². The Morgan fingerprint density at radius 1 is 1.00 bits per heavy atom. The first-order chi connectivity index (χ1) is 18.4. The van der Waals surface area contributed by atoms with Crippen molar-refractivity contribution >= 4 is 11.9 Å². The Bertz CT molecular complexity index is 1090. The van der Waals surface area contributed by atoms with Crippen LogP contribution in [0.25, 0.3) is 0 Å². The normalized spacial score (nSPS) is 24.4. The Morgan fingerprint density at radius 3 is 2.39 bits per heavy atom. The average Bonchev–Trinajstić information content (AvgIpc) is 3.45. The van der Waals surface area contributed by atoms with Crippen molar-refractivity contribution in [3.63, 3.8) is 0 Å². The summed E-state index contributed by atoms with van der Waals surface area (Å²) in [6, 6.07) is 7.85. The van der Waals surface area contributed by atoms with Crippen LogP contribution in [-0.2, 0) is 14.3 Å². The molecule has 1 aliphatic heterocycles. The number of cyclic esters (lactones) is 1. The molecule has 1 aromatic carbocycles. The maximum atomic E-state index is 13.2. The molecule has 2 aromatic rings. The van der Waals surface area contributed by atoms with E-state index in [2.05, 4.69) is 10.3 Å². The lowest BCUT2D eigenvalue weighted by Crippen LogP contribution is -2.47. The van der Waals surface area contributed by atoms with Crippen LogP contribution in [-0.4, -0.2) is 66.6 Å². The van der Waals surface area contributed by atoms with Gasteiger partial charge in [-0.15, -0.1) is 0 Å². The number of hydrogen-bond acceptors (Lipinski definition) is 9. The number of carbonyl (C=O) groups is 2. The van der Waals surface area contributed by atoms with Gasteiger partial charge in [-0.05, 0) is 63.3 Å². The smallest absolute Gasteiger partial charge is 0.329 e. The predicted molar refractivity (Wildman–Crippen MR) is 138 cm³/mol. The van der Waals surface area contributed by atoms with E-state index >= 15 is 0 Å². The number of carbonyl (C=O) groups excluding carboxylic acids is 2. The monoisotopic (exact) mass is 528 g/mol. The molecule has 2 heterocycles. The number of hydrogen-bond donors (Lipinski definition) is 2. The standard InChI is InChI=1S/C28H36N2O8/c1-17-26(38-19-7-4-5-8-19)23(37-20-13-11-18(34-2)12-14-20)10-6-9-21(28(33)36-17)30-27(32)24-25(31)22(35-3)15-16-29-24/h11-17,19,21,23,26,31H,4-10H2,1-3H3,(H,30,32)/t17-,21-,23-,26-/m0/s1. The zero-order chi connectivity index (χ0) is 27.1. The molecule has 1 aromatic heterocycles. The number of pyridine rings is 1. The quantitative estimate of drug-likeness (QED) is 0.492. The molecule has 0 unspecified atom stereocenters. The molecule has 0 radical (unpaired) electrons. The van der Waals surface area contributed by atoms with E-state index < -0.39 is 35.9 Å². The Hall–Kier alpha value is -3.53. The number of aromatic nitrogens is 1. The van der Waals surface area contributed by atoms with Crippen LogP contribution in [0.15, 0.2) is 36.5 Å². The number of nitrogens with one attached hydrogen (secondary N) is 1. The van der Waals surface area contributed by atoms with E-state index in [0.717, 1.165) is 31.4 Å². The lowest BCUT2D eigenvalue weighted by atomic mass is 10.0. The predicted octanol–water partition coefficient (Wildman–Crippen LogP) is 3.79. The summed E-state index contributed by atoms with van der Waals surface area (Å²) in [7, 11) is 2.98. The van der Waals surface area contributed by atoms with E-state index in [4.69, 9.17) is 23.7 Å². The van der Waals surface area contributed by atoms with Crippen molar-refractivity contribution in [2.75, 3.05) is 14.2 Å². The molecule has 2 fully saturated rings. The van der Waals surface area contributed by atoms with Crippen LogP contribution in [0.1, 0.15) is 62.4 Å². The summed E-state index contributed by atoms with van der Waals surface area (Å²) in [5, 5.41) is 13.0. The average molecular weight is 529 g/mol. The lowest BCUT2D eigenvalue weighted by Gasteiger charge is -2.33. The fourth-order valence-electron chi connectivity index (χ4n) is 4.96. The van der Waals surface area contributed by atoms with Crippen LogP contribution in [0.2, 0.25) is 0 Å². The van der Waals surface area contributed by atoms with Crippen LogP contribution < -0.4 is 19.5 Å². The van der Waals surface area contributed by atoms with E-state index in [-0.39, 0.29) is 23.7 Å². The number of benzene rings is 1. The van der Waals surface area contributed by atoms with Crippen molar-refractivity contribution in [3.05, 3.63) is 42.2 Å². The highest BCUT2D eigenvalue weighted by molar-refractivity contribution is 5.97. The summed E-state index contributed by atoms with van der Waals surface area (Å²) in [4.78, 5) is 30.0. The molecule has 1 saturated heterocycles. The minimum atomic E-state index is -0.927. The lowest BCUT2D eigenvalue weighted by molar-refractivity contribution is -0.168. The molecular weight excluding hydrogens is 492 g/mol. The number of amides is 1. The summed E-state index contributed by atoms with van der Waals surface area (Å²) >= 11 is 0.